The van der Waals surface area contributed by atoms with E-state index in [0.717, 1.165) is 83.5 Å². The van der Waals surface area contributed by atoms with Gasteiger partial charge in [-0.05, 0) is 83.5 Å². The first kappa shape index (κ1) is 57.4. The molecule has 0 amide bonds. The summed E-state index contributed by atoms with van der Waals surface area (Å²) >= 11 is 0. The summed E-state index contributed by atoms with van der Waals surface area (Å²) in [5.41, 5.74) is 0. The predicted molar refractivity (Wildman–Crippen MR) is 251 cm³/mol. The minimum atomic E-state index is -1.60. The molecule has 6 unspecified atom stereocenters. The van der Waals surface area contributed by atoms with E-state index in [4.69, 9.17) is 18.9 Å². The Labute approximate surface area is 377 Å². The van der Waals surface area contributed by atoms with Crippen LogP contribution in [0.2, 0.25) is 0 Å². The van der Waals surface area contributed by atoms with Crippen LogP contribution < -0.4 is 0 Å². The number of hydrogen-bond acceptors (Lipinski definition) is 10. The van der Waals surface area contributed by atoms with Crippen LogP contribution in [-0.4, -0.2) is 89.0 Å². The van der Waals surface area contributed by atoms with E-state index in [-0.39, 0.29) is 32.0 Å². The van der Waals surface area contributed by atoms with Crippen LogP contribution in [0.15, 0.2) is 60.8 Å². The monoisotopic (exact) mass is 875 g/mol. The van der Waals surface area contributed by atoms with Crippen LogP contribution in [-0.2, 0) is 28.5 Å². The number of hydrogen-bond donors (Lipinski definition) is 4. The van der Waals surface area contributed by atoms with Crippen LogP contribution in [0.1, 0.15) is 200 Å². The van der Waals surface area contributed by atoms with Gasteiger partial charge in [0.1, 0.15) is 31.0 Å². The Bertz CT molecular complexity index is 1190. The van der Waals surface area contributed by atoms with E-state index in [1.54, 1.807) is 0 Å². The topological polar surface area (TPSA) is 152 Å². The van der Waals surface area contributed by atoms with Crippen LogP contribution in [0.4, 0.5) is 0 Å². The molecule has 6 atom stereocenters. The van der Waals surface area contributed by atoms with Crippen LogP contribution in [0.5, 0.6) is 0 Å². The molecule has 0 aromatic heterocycles. The van der Waals surface area contributed by atoms with Gasteiger partial charge >= 0.3 is 11.9 Å². The van der Waals surface area contributed by atoms with E-state index in [0.29, 0.717) is 12.8 Å². The van der Waals surface area contributed by atoms with Crippen LogP contribution in [0.25, 0.3) is 0 Å². The first-order valence-electron chi connectivity index (χ1n) is 24.9. The van der Waals surface area contributed by atoms with Gasteiger partial charge < -0.3 is 39.4 Å². The molecule has 0 aromatic carbocycles. The number of aliphatic hydroxyl groups excluding tert-OH is 4. The van der Waals surface area contributed by atoms with Gasteiger partial charge in [-0.3, -0.25) is 9.59 Å². The van der Waals surface area contributed by atoms with Crippen molar-refractivity contribution in [2.75, 3.05) is 19.8 Å². The molecule has 0 aromatic rings. The molecule has 1 heterocycles. The van der Waals surface area contributed by atoms with Gasteiger partial charge in [0, 0.05) is 12.8 Å². The van der Waals surface area contributed by atoms with Gasteiger partial charge in [-0.1, -0.05) is 164 Å². The van der Waals surface area contributed by atoms with Crippen molar-refractivity contribution in [1.29, 1.82) is 0 Å². The average molecular weight is 875 g/mol. The molecule has 358 valence electrons. The minimum absolute atomic E-state index is 0.211. The third kappa shape index (κ3) is 33.0. The highest BCUT2D eigenvalue weighted by atomic mass is 16.7. The van der Waals surface area contributed by atoms with Crippen LogP contribution in [0, 0.1) is 0 Å². The molecule has 10 nitrogen and oxygen atoms in total. The maximum atomic E-state index is 12.8. The fourth-order valence-corrected chi connectivity index (χ4v) is 7.17. The predicted octanol–water partition coefficient (Wildman–Crippen LogP) is 11.4. The first-order valence-corrected chi connectivity index (χ1v) is 24.9. The molecule has 62 heavy (non-hydrogen) atoms. The summed E-state index contributed by atoms with van der Waals surface area (Å²) in [4.78, 5) is 25.4. The van der Waals surface area contributed by atoms with E-state index in [1.165, 1.54) is 77.0 Å². The van der Waals surface area contributed by atoms with E-state index < -0.39 is 49.4 Å². The number of unbranched alkanes of at least 4 members (excludes halogenated alkanes) is 20. The second kappa shape index (κ2) is 42.4. The maximum absolute atomic E-state index is 12.8. The van der Waals surface area contributed by atoms with Crippen LogP contribution >= 0.6 is 0 Å². The summed E-state index contributed by atoms with van der Waals surface area (Å²) in [6.07, 6.45) is 45.0. The summed E-state index contributed by atoms with van der Waals surface area (Å²) in [5.74, 6) is -0.830. The molecular weight excluding hydrogens is 785 g/mol. The smallest absolute Gasteiger partial charge is 0.306 e. The van der Waals surface area contributed by atoms with Crippen molar-refractivity contribution >= 4 is 11.9 Å². The number of aliphatic hydroxyl groups is 4. The first-order chi connectivity index (χ1) is 30.3. The number of allylic oxidation sites excluding steroid dienone is 10. The third-order valence-corrected chi connectivity index (χ3v) is 11.1. The minimum Gasteiger partial charge on any atom is -0.462 e. The molecule has 0 saturated carbocycles. The SMILES string of the molecule is CCCCC/C=C\C/C=C\C/C=C\CCCCCCCCC(=O)OC(COC(=O)CCCCCCCCC/C=C\C/C=C\CCCCCC)COC1OC(CO)C(O)C(O)C1O. The zero-order chi connectivity index (χ0) is 45.1. The zero-order valence-electron chi connectivity index (χ0n) is 39.1. The molecule has 1 fully saturated rings. The second-order valence-electron chi connectivity index (χ2n) is 16.9. The van der Waals surface area contributed by atoms with E-state index in [9.17, 15) is 30.0 Å². The Morgan fingerprint density at radius 3 is 1.39 bits per heavy atom. The number of esters is 2. The fourth-order valence-electron chi connectivity index (χ4n) is 7.17. The summed E-state index contributed by atoms with van der Waals surface area (Å²) in [6, 6.07) is 0. The molecule has 0 spiro atoms. The molecule has 4 N–H and O–H groups in total. The molecule has 0 bridgehead atoms. The Hall–Kier alpha value is -2.60. The lowest BCUT2D eigenvalue weighted by molar-refractivity contribution is -0.305. The molecule has 1 saturated heterocycles. The molecule has 10 heteroatoms. The normalized spacial score (nSPS) is 20.1. The summed E-state index contributed by atoms with van der Waals surface area (Å²) in [5, 5.41) is 40.2. The number of ether oxygens (including phenoxy) is 4. The lowest BCUT2D eigenvalue weighted by Crippen LogP contribution is -2.59. The Morgan fingerprint density at radius 1 is 0.500 bits per heavy atom. The fraction of sp³-hybridized carbons (Fsp3) is 0.769. The van der Waals surface area contributed by atoms with Gasteiger partial charge in [0.2, 0.25) is 0 Å². The highest BCUT2D eigenvalue weighted by Gasteiger charge is 2.44. The third-order valence-electron chi connectivity index (χ3n) is 11.1. The van der Waals surface area contributed by atoms with E-state index in [2.05, 4.69) is 74.6 Å². The van der Waals surface area contributed by atoms with Crippen molar-refractivity contribution in [2.45, 2.75) is 237 Å². The Balaban J connectivity index is 2.31. The second-order valence-corrected chi connectivity index (χ2v) is 16.9. The molecular formula is C52H90O10. The maximum Gasteiger partial charge on any atom is 0.306 e. The summed E-state index contributed by atoms with van der Waals surface area (Å²) in [6.45, 7) is 3.36. The van der Waals surface area contributed by atoms with Gasteiger partial charge in [0.05, 0.1) is 13.2 Å². The average Bonchev–Trinajstić information content (AvgIpc) is 3.27. The quantitative estimate of drug-likeness (QED) is 0.0265. The summed E-state index contributed by atoms with van der Waals surface area (Å²) in [7, 11) is 0. The molecule has 0 radical (unpaired) electrons. The van der Waals surface area contributed by atoms with Gasteiger partial charge in [0.15, 0.2) is 12.4 Å². The lowest BCUT2D eigenvalue weighted by atomic mass is 9.99. The van der Waals surface area contributed by atoms with E-state index >= 15 is 0 Å². The highest BCUT2D eigenvalue weighted by Crippen LogP contribution is 2.23. The number of carbonyl (C=O) groups excluding carboxylic acids is 2. The number of carbonyl (C=O) groups is 2. The van der Waals surface area contributed by atoms with Crippen LogP contribution in [0.3, 0.4) is 0 Å². The van der Waals surface area contributed by atoms with E-state index in [1.807, 2.05) is 0 Å². The molecule has 1 aliphatic rings. The number of rotatable bonds is 41. The van der Waals surface area contributed by atoms with Crippen molar-refractivity contribution in [2.24, 2.45) is 0 Å². The molecule has 0 aliphatic carbocycles. The molecule has 1 rings (SSSR count). The van der Waals surface area contributed by atoms with Crippen molar-refractivity contribution in [3.05, 3.63) is 60.8 Å². The zero-order valence-corrected chi connectivity index (χ0v) is 39.1. The van der Waals surface area contributed by atoms with Crippen molar-refractivity contribution in [1.82, 2.24) is 0 Å². The summed E-state index contributed by atoms with van der Waals surface area (Å²) < 4.78 is 22.2. The van der Waals surface area contributed by atoms with Gasteiger partial charge in [-0.2, -0.15) is 0 Å². The largest absolute Gasteiger partial charge is 0.462 e. The van der Waals surface area contributed by atoms with Crippen molar-refractivity contribution in [3.63, 3.8) is 0 Å². The van der Waals surface area contributed by atoms with Gasteiger partial charge in [0.25, 0.3) is 0 Å². The van der Waals surface area contributed by atoms with Crippen molar-refractivity contribution in [3.8, 4) is 0 Å². The molecule has 1 aliphatic heterocycles. The standard InChI is InChI=1S/C52H90O10/c1-3-5-7-9-11-13-15-17-19-21-23-25-27-29-31-33-35-37-39-41-48(55)61-45(44-60-52-51(58)50(57)49(56)46(42-53)62-52)43-59-47(54)40-38-36-34-32-30-28-26-24-22-20-18-16-14-12-10-8-6-4-2/h11,13-14,16-17,19-20,22-23,25,45-46,49-53,56-58H,3-10,12,15,18,21,24,26-44H2,1-2H3/b13-11-,16-14-,19-17-,22-20-,25-23-. The van der Waals surface area contributed by atoms with Gasteiger partial charge in [-0.15, -0.1) is 0 Å². The Kier molecular flexibility index (Phi) is 39.2. The Morgan fingerprint density at radius 2 is 0.903 bits per heavy atom. The highest BCUT2D eigenvalue weighted by molar-refractivity contribution is 5.70. The van der Waals surface area contributed by atoms with Gasteiger partial charge in [-0.25, -0.2) is 0 Å². The lowest BCUT2D eigenvalue weighted by Gasteiger charge is -2.39. The van der Waals surface area contributed by atoms with Crippen molar-refractivity contribution < 1.29 is 49.0 Å².